The van der Waals surface area contributed by atoms with Crippen molar-refractivity contribution in [1.29, 1.82) is 0 Å². The van der Waals surface area contributed by atoms with E-state index in [4.69, 9.17) is 0 Å². The molecule has 4 aromatic rings. The van der Waals surface area contributed by atoms with Gasteiger partial charge in [-0.3, -0.25) is 19.3 Å². The smallest absolute Gasteiger partial charge is 0.257 e. The summed E-state index contributed by atoms with van der Waals surface area (Å²) in [6, 6.07) is 13.5. The zero-order valence-electron chi connectivity index (χ0n) is 20.0. The molecule has 0 aliphatic rings. The van der Waals surface area contributed by atoms with Gasteiger partial charge in [0.2, 0.25) is 0 Å². The molecule has 7 heteroatoms. The normalized spacial score (nSPS) is 10.9. The van der Waals surface area contributed by atoms with Crippen molar-refractivity contribution in [3.63, 3.8) is 0 Å². The highest BCUT2D eigenvalue weighted by atomic mass is 16.2. The first-order valence-electron chi connectivity index (χ1n) is 11.3. The highest BCUT2D eigenvalue weighted by Gasteiger charge is 2.21. The first kappa shape index (κ1) is 23.2. The molecule has 7 nitrogen and oxygen atoms in total. The van der Waals surface area contributed by atoms with E-state index in [1.807, 2.05) is 64.2 Å². The maximum Gasteiger partial charge on any atom is 0.257 e. The lowest BCUT2D eigenvalue weighted by Crippen LogP contribution is -2.33. The van der Waals surface area contributed by atoms with Gasteiger partial charge in [0, 0.05) is 67.7 Å². The lowest BCUT2D eigenvalue weighted by atomic mass is 9.99. The van der Waals surface area contributed by atoms with Gasteiger partial charge in [-0.05, 0) is 49.6 Å². The topological polar surface area (TPSA) is 81.8 Å². The summed E-state index contributed by atoms with van der Waals surface area (Å²) in [6.07, 6.45) is 5.71. The maximum atomic E-state index is 13.4. The molecule has 0 atom stereocenters. The van der Waals surface area contributed by atoms with Crippen LogP contribution in [0.1, 0.15) is 49.7 Å². The van der Waals surface area contributed by atoms with Crippen LogP contribution in [-0.2, 0) is 26.6 Å². The van der Waals surface area contributed by atoms with E-state index in [1.165, 1.54) is 0 Å². The maximum absolute atomic E-state index is 13.4. The number of amides is 1. The number of hydrogen-bond donors (Lipinski definition) is 1. The van der Waals surface area contributed by atoms with E-state index in [9.17, 15) is 9.59 Å². The Morgan fingerprint density at radius 2 is 1.76 bits per heavy atom. The third kappa shape index (κ3) is 4.83. The fourth-order valence-corrected chi connectivity index (χ4v) is 4.12. The van der Waals surface area contributed by atoms with Crippen molar-refractivity contribution in [2.24, 2.45) is 7.05 Å². The minimum absolute atomic E-state index is 0.185. The molecule has 4 rings (SSSR count). The summed E-state index contributed by atoms with van der Waals surface area (Å²) >= 11 is 0. The fraction of sp³-hybridized carbons (Fsp3) is 0.259. The second-order valence-electron chi connectivity index (χ2n) is 8.58. The number of nitrogens with zero attached hydrogens (tertiary/aromatic N) is 4. The van der Waals surface area contributed by atoms with Gasteiger partial charge in [0.25, 0.3) is 5.91 Å². The Bertz CT molecular complexity index is 1390. The Hall–Kier alpha value is -4.00. The molecule has 0 spiro atoms. The van der Waals surface area contributed by atoms with E-state index < -0.39 is 0 Å². The van der Waals surface area contributed by atoms with Gasteiger partial charge in [0.1, 0.15) is 5.56 Å². The number of rotatable bonds is 7. The molecule has 1 N–H and O–H groups in total. The number of pyridine rings is 2. The summed E-state index contributed by atoms with van der Waals surface area (Å²) in [4.78, 5) is 30.7. The van der Waals surface area contributed by atoms with Crippen molar-refractivity contribution >= 4 is 5.91 Å². The van der Waals surface area contributed by atoms with E-state index in [0.29, 0.717) is 25.2 Å². The van der Waals surface area contributed by atoms with Gasteiger partial charge in [0.15, 0.2) is 5.43 Å². The molecule has 34 heavy (non-hydrogen) atoms. The number of aryl methyl sites for hydroxylation is 3. The van der Waals surface area contributed by atoms with Crippen LogP contribution in [0, 0.1) is 20.8 Å². The highest BCUT2D eigenvalue weighted by Crippen LogP contribution is 2.19. The van der Waals surface area contributed by atoms with Crippen LogP contribution in [0.25, 0.3) is 0 Å². The van der Waals surface area contributed by atoms with Crippen LogP contribution in [-0.4, -0.2) is 25.2 Å². The van der Waals surface area contributed by atoms with Crippen LogP contribution in [0.15, 0.2) is 65.8 Å². The van der Waals surface area contributed by atoms with Gasteiger partial charge in [-0.1, -0.05) is 24.3 Å². The molecule has 0 saturated heterocycles. The van der Waals surface area contributed by atoms with Gasteiger partial charge in [0.05, 0.1) is 6.20 Å². The van der Waals surface area contributed by atoms with Crippen LogP contribution in [0.5, 0.6) is 0 Å². The van der Waals surface area contributed by atoms with E-state index >= 15 is 0 Å². The van der Waals surface area contributed by atoms with Crippen molar-refractivity contribution in [3.8, 4) is 0 Å². The first-order chi connectivity index (χ1) is 16.3. The molecule has 0 unspecified atom stereocenters. The molecule has 0 bridgehead atoms. The molecule has 0 fully saturated rings. The molecule has 0 aliphatic carbocycles. The first-order valence-corrected chi connectivity index (χ1v) is 11.3. The fourth-order valence-electron chi connectivity index (χ4n) is 4.12. The van der Waals surface area contributed by atoms with E-state index in [-0.39, 0.29) is 16.9 Å². The van der Waals surface area contributed by atoms with Crippen molar-refractivity contribution in [2.75, 3.05) is 0 Å². The number of hydrogen-bond acceptors (Lipinski definition) is 4. The van der Waals surface area contributed by atoms with Crippen molar-refractivity contribution in [2.45, 2.75) is 40.3 Å². The van der Waals surface area contributed by atoms with Gasteiger partial charge in [-0.2, -0.15) is 5.10 Å². The van der Waals surface area contributed by atoms with Crippen LogP contribution >= 0.6 is 0 Å². The Morgan fingerprint density at radius 1 is 1.03 bits per heavy atom. The SMILES string of the molecule is Cc1ccccc1Cc1c(C(=O)NCc2cnn(C)c2C)c(=O)cc(C)n1Cc1ccncc1. The average Bonchev–Trinajstić information content (AvgIpc) is 3.14. The average molecular weight is 456 g/mol. The molecule has 0 radical (unpaired) electrons. The Morgan fingerprint density at radius 3 is 2.44 bits per heavy atom. The summed E-state index contributed by atoms with van der Waals surface area (Å²) < 4.78 is 3.83. The summed E-state index contributed by atoms with van der Waals surface area (Å²) in [5.41, 5.74) is 6.56. The van der Waals surface area contributed by atoms with E-state index in [0.717, 1.165) is 33.6 Å². The number of nitrogens with one attached hydrogen (secondary N) is 1. The van der Waals surface area contributed by atoms with E-state index in [1.54, 1.807) is 29.3 Å². The Balaban J connectivity index is 1.78. The summed E-state index contributed by atoms with van der Waals surface area (Å²) in [7, 11) is 1.86. The second kappa shape index (κ2) is 9.87. The van der Waals surface area contributed by atoms with Crippen LogP contribution in [0.4, 0.5) is 0 Å². The highest BCUT2D eigenvalue weighted by molar-refractivity contribution is 5.95. The molecular formula is C27H29N5O2. The van der Waals surface area contributed by atoms with E-state index in [2.05, 4.69) is 20.0 Å². The zero-order valence-corrected chi connectivity index (χ0v) is 20.0. The molecule has 174 valence electrons. The molecule has 1 aromatic carbocycles. The molecule has 1 amide bonds. The van der Waals surface area contributed by atoms with Gasteiger partial charge in [-0.15, -0.1) is 0 Å². The lowest BCUT2D eigenvalue weighted by molar-refractivity contribution is 0.0948. The van der Waals surface area contributed by atoms with Crippen molar-refractivity contribution < 1.29 is 4.79 Å². The predicted molar refractivity (Wildman–Crippen MR) is 132 cm³/mol. The van der Waals surface area contributed by atoms with Crippen LogP contribution in [0.3, 0.4) is 0 Å². The standard InChI is InChI=1S/C27H29N5O2/c1-18-7-5-6-8-22(18)14-24-26(27(34)29-15-23-16-30-31(4)20(23)3)25(33)13-19(2)32(24)17-21-9-11-28-12-10-21/h5-13,16H,14-15,17H2,1-4H3,(H,29,34). The minimum atomic E-state index is -0.375. The Labute approximate surface area is 199 Å². The molecule has 3 aromatic heterocycles. The van der Waals surface area contributed by atoms with Gasteiger partial charge < -0.3 is 9.88 Å². The quantitative estimate of drug-likeness (QED) is 0.463. The molecule has 0 saturated carbocycles. The van der Waals surface area contributed by atoms with Gasteiger partial charge in [-0.25, -0.2) is 0 Å². The largest absolute Gasteiger partial charge is 0.348 e. The summed E-state index contributed by atoms with van der Waals surface area (Å²) in [6.45, 7) is 6.75. The van der Waals surface area contributed by atoms with Crippen LogP contribution < -0.4 is 10.7 Å². The van der Waals surface area contributed by atoms with Crippen molar-refractivity contribution in [3.05, 3.63) is 116 Å². The zero-order chi connectivity index (χ0) is 24.2. The van der Waals surface area contributed by atoms with Crippen molar-refractivity contribution in [1.82, 2.24) is 24.6 Å². The second-order valence-corrected chi connectivity index (χ2v) is 8.58. The lowest BCUT2D eigenvalue weighted by Gasteiger charge is -2.21. The number of carbonyl (C=O) groups is 1. The number of benzene rings is 1. The minimum Gasteiger partial charge on any atom is -0.348 e. The molecule has 0 aliphatic heterocycles. The third-order valence-electron chi connectivity index (χ3n) is 6.34. The molecule has 3 heterocycles. The number of carbonyl (C=O) groups excluding carboxylic acids is 1. The summed E-state index contributed by atoms with van der Waals surface area (Å²) in [5.74, 6) is -0.375. The number of aromatic nitrogens is 4. The summed E-state index contributed by atoms with van der Waals surface area (Å²) in [5, 5.41) is 7.18. The third-order valence-corrected chi connectivity index (χ3v) is 6.34. The predicted octanol–water partition coefficient (Wildman–Crippen LogP) is 3.47. The monoisotopic (exact) mass is 455 g/mol. The van der Waals surface area contributed by atoms with Gasteiger partial charge >= 0.3 is 0 Å². The Kier molecular flexibility index (Phi) is 6.72. The van der Waals surface area contributed by atoms with Crippen LogP contribution in [0.2, 0.25) is 0 Å². The molecular weight excluding hydrogens is 426 g/mol.